The Morgan fingerprint density at radius 1 is 0.786 bits per heavy atom. The summed E-state index contributed by atoms with van der Waals surface area (Å²) < 4.78 is 27.2. The lowest BCUT2D eigenvalue weighted by Crippen LogP contribution is -2.22. The third kappa shape index (κ3) is 3.41. The zero-order valence-corrected chi connectivity index (χ0v) is 16.0. The molecule has 0 fully saturated rings. The molecular weight excluding hydrogens is 378 g/mol. The quantitative estimate of drug-likeness (QED) is 0.443. The summed E-state index contributed by atoms with van der Waals surface area (Å²) in [5.74, 6) is -1.74. The molecule has 0 spiro atoms. The van der Waals surface area contributed by atoms with Gasteiger partial charge in [0.25, 0.3) is 0 Å². The molecule has 7 heteroatoms. The molecular formula is C21H16F2N4S. The molecule has 4 aromatic heterocycles. The molecule has 0 saturated heterocycles. The van der Waals surface area contributed by atoms with Gasteiger partial charge in [-0.05, 0) is 50.2 Å². The molecule has 0 N–H and O–H groups in total. The van der Waals surface area contributed by atoms with Crippen molar-refractivity contribution in [1.29, 1.82) is 0 Å². The van der Waals surface area contributed by atoms with E-state index < -0.39 is 17.3 Å². The molecule has 0 amide bonds. The Kier molecular flexibility index (Phi) is 4.68. The number of rotatable bonds is 4. The molecule has 4 aromatic rings. The van der Waals surface area contributed by atoms with E-state index in [2.05, 4.69) is 15.0 Å². The van der Waals surface area contributed by atoms with Crippen LogP contribution in [0.4, 0.5) is 8.78 Å². The molecule has 28 heavy (non-hydrogen) atoms. The van der Waals surface area contributed by atoms with E-state index in [0.29, 0.717) is 5.69 Å². The third-order valence-corrected chi connectivity index (χ3v) is 5.15. The first kappa shape index (κ1) is 18.3. The highest BCUT2D eigenvalue weighted by Crippen LogP contribution is 2.32. The van der Waals surface area contributed by atoms with Gasteiger partial charge < -0.3 is 0 Å². The average Bonchev–Trinajstić information content (AvgIpc) is 3.23. The highest BCUT2D eigenvalue weighted by molar-refractivity contribution is 7.07. The predicted octanol–water partition coefficient (Wildman–Crippen LogP) is 5.27. The predicted molar refractivity (Wildman–Crippen MR) is 105 cm³/mol. The largest absolute Gasteiger partial charge is 0.252 e. The summed E-state index contributed by atoms with van der Waals surface area (Å²) in [5.41, 5.74) is 4.93. The van der Waals surface area contributed by atoms with Crippen LogP contribution in [0.1, 0.15) is 25.2 Å². The maximum Gasteiger partial charge on any atom is 0.224 e. The van der Waals surface area contributed by atoms with Crippen molar-refractivity contribution >= 4 is 11.3 Å². The molecule has 0 radical (unpaired) electrons. The van der Waals surface area contributed by atoms with Gasteiger partial charge in [-0.1, -0.05) is 12.1 Å². The SMILES string of the molecule is CC(C)(c1cccc(-c2cscn2)n1)c1cccc(-c2ccc(F)nc2F)n1. The van der Waals surface area contributed by atoms with Crippen molar-refractivity contribution in [3.05, 3.63) is 82.7 Å². The minimum Gasteiger partial charge on any atom is -0.252 e. The van der Waals surface area contributed by atoms with Crippen LogP contribution in [-0.4, -0.2) is 19.9 Å². The van der Waals surface area contributed by atoms with Crippen LogP contribution in [0.3, 0.4) is 0 Å². The fourth-order valence-electron chi connectivity index (χ4n) is 2.93. The van der Waals surface area contributed by atoms with E-state index in [1.165, 1.54) is 17.4 Å². The number of thiazole rings is 1. The van der Waals surface area contributed by atoms with Crippen molar-refractivity contribution in [2.45, 2.75) is 19.3 Å². The van der Waals surface area contributed by atoms with Crippen LogP contribution < -0.4 is 0 Å². The first-order chi connectivity index (χ1) is 13.4. The molecule has 0 saturated carbocycles. The Bertz CT molecular complexity index is 1130. The van der Waals surface area contributed by atoms with Gasteiger partial charge in [-0.2, -0.15) is 13.8 Å². The summed E-state index contributed by atoms with van der Waals surface area (Å²) >= 11 is 1.51. The molecule has 0 aliphatic carbocycles. The molecule has 0 bridgehead atoms. The Morgan fingerprint density at radius 3 is 2.11 bits per heavy atom. The lowest BCUT2D eigenvalue weighted by Gasteiger charge is -2.24. The van der Waals surface area contributed by atoms with Gasteiger partial charge in [0, 0.05) is 10.8 Å². The summed E-state index contributed by atoms with van der Waals surface area (Å²) in [5, 5.41) is 1.95. The Labute approximate surface area is 165 Å². The molecule has 4 heterocycles. The highest BCUT2D eigenvalue weighted by atomic mass is 32.1. The van der Waals surface area contributed by atoms with Crippen LogP contribution in [0, 0.1) is 11.9 Å². The van der Waals surface area contributed by atoms with Gasteiger partial charge in [0.15, 0.2) is 0 Å². The van der Waals surface area contributed by atoms with Gasteiger partial charge in [0.05, 0.1) is 39.5 Å². The molecule has 4 nitrogen and oxygen atoms in total. The monoisotopic (exact) mass is 394 g/mol. The van der Waals surface area contributed by atoms with E-state index in [1.54, 1.807) is 17.6 Å². The minimum absolute atomic E-state index is 0.156. The number of hydrogen-bond donors (Lipinski definition) is 0. The second kappa shape index (κ2) is 7.16. The van der Waals surface area contributed by atoms with E-state index in [4.69, 9.17) is 4.98 Å². The lowest BCUT2D eigenvalue weighted by atomic mass is 9.84. The summed E-state index contributed by atoms with van der Waals surface area (Å²) in [6.07, 6.45) is 0. The van der Waals surface area contributed by atoms with E-state index in [0.717, 1.165) is 28.8 Å². The van der Waals surface area contributed by atoms with Crippen molar-refractivity contribution in [2.75, 3.05) is 0 Å². The zero-order chi connectivity index (χ0) is 19.7. The Hall–Kier alpha value is -3.06. The van der Waals surface area contributed by atoms with E-state index >= 15 is 0 Å². The Balaban J connectivity index is 1.75. The van der Waals surface area contributed by atoms with Crippen molar-refractivity contribution in [3.8, 4) is 22.6 Å². The number of pyridine rings is 3. The second-order valence-corrected chi connectivity index (χ2v) is 7.51. The Morgan fingerprint density at radius 2 is 1.46 bits per heavy atom. The third-order valence-electron chi connectivity index (χ3n) is 4.56. The first-order valence-corrected chi connectivity index (χ1v) is 9.55. The summed E-state index contributed by atoms with van der Waals surface area (Å²) in [6.45, 7) is 4.01. The molecule has 0 aromatic carbocycles. The van der Waals surface area contributed by atoms with Crippen molar-refractivity contribution in [2.24, 2.45) is 0 Å². The normalized spacial score (nSPS) is 11.6. The van der Waals surface area contributed by atoms with Crippen LogP contribution in [0.5, 0.6) is 0 Å². The fraction of sp³-hybridized carbons (Fsp3) is 0.143. The van der Waals surface area contributed by atoms with E-state index in [1.807, 2.05) is 43.5 Å². The van der Waals surface area contributed by atoms with Crippen LogP contribution in [0.15, 0.2) is 59.4 Å². The maximum absolute atomic E-state index is 14.1. The molecule has 140 valence electrons. The van der Waals surface area contributed by atoms with Crippen molar-refractivity contribution in [3.63, 3.8) is 0 Å². The van der Waals surface area contributed by atoms with Gasteiger partial charge in [0.1, 0.15) is 0 Å². The lowest BCUT2D eigenvalue weighted by molar-refractivity contribution is 0.514. The highest BCUT2D eigenvalue weighted by Gasteiger charge is 2.27. The number of aromatic nitrogens is 4. The van der Waals surface area contributed by atoms with Gasteiger partial charge in [-0.15, -0.1) is 11.3 Å². The minimum atomic E-state index is -0.883. The van der Waals surface area contributed by atoms with Gasteiger partial charge >= 0.3 is 0 Å². The summed E-state index contributed by atoms with van der Waals surface area (Å²) in [6, 6.07) is 13.6. The molecule has 0 aliphatic rings. The van der Waals surface area contributed by atoms with E-state index in [-0.39, 0.29) is 5.56 Å². The summed E-state index contributed by atoms with van der Waals surface area (Å²) in [7, 11) is 0. The van der Waals surface area contributed by atoms with Crippen LogP contribution in [0.2, 0.25) is 0 Å². The van der Waals surface area contributed by atoms with Gasteiger partial charge in [-0.3, -0.25) is 9.97 Å². The zero-order valence-electron chi connectivity index (χ0n) is 15.2. The van der Waals surface area contributed by atoms with E-state index in [9.17, 15) is 8.78 Å². The molecule has 0 unspecified atom stereocenters. The van der Waals surface area contributed by atoms with Crippen LogP contribution in [0.25, 0.3) is 22.6 Å². The van der Waals surface area contributed by atoms with Crippen LogP contribution in [-0.2, 0) is 5.41 Å². The molecule has 0 aliphatic heterocycles. The second-order valence-electron chi connectivity index (χ2n) is 6.79. The number of hydrogen-bond acceptors (Lipinski definition) is 5. The average molecular weight is 394 g/mol. The van der Waals surface area contributed by atoms with Crippen LogP contribution >= 0.6 is 11.3 Å². The maximum atomic E-state index is 14.1. The topological polar surface area (TPSA) is 51.6 Å². The number of halogens is 2. The molecule has 0 atom stereocenters. The van der Waals surface area contributed by atoms with Gasteiger partial charge in [-0.25, -0.2) is 4.98 Å². The smallest absolute Gasteiger partial charge is 0.224 e. The molecule has 4 rings (SSSR count). The summed E-state index contributed by atoms with van der Waals surface area (Å²) in [4.78, 5) is 16.9. The fourth-order valence-corrected chi connectivity index (χ4v) is 3.48. The number of nitrogens with zero attached hydrogens (tertiary/aromatic N) is 4. The van der Waals surface area contributed by atoms with Crippen molar-refractivity contribution < 1.29 is 8.78 Å². The standard InChI is InChI=1S/C21H16F2N4S/c1-21(2,18-8-4-6-15(26-18)16-11-28-12-24-16)17-7-3-5-14(25-17)13-9-10-19(22)27-20(13)23/h3-12H,1-2H3. The van der Waals surface area contributed by atoms with Gasteiger partial charge in [0.2, 0.25) is 11.9 Å². The van der Waals surface area contributed by atoms with Crippen molar-refractivity contribution in [1.82, 2.24) is 19.9 Å². The first-order valence-electron chi connectivity index (χ1n) is 8.61.